The number of hydrogen-bond acceptors (Lipinski definition) is 4. The lowest BCUT2D eigenvalue weighted by Crippen LogP contribution is -2.26. The molecule has 1 N–H and O–H groups in total. The van der Waals surface area contributed by atoms with E-state index in [0.29, 0.717) is 6.61 Å². The van der Waals surface area contributed by atoms with Gasteiger partial charge in [-0.15, -0.1) is 23.5 Å². The molecule has 1 heterocycles. The molecule has 88 valence electrons. The maximum atomic E-state index is 9.12. The van der Waals surface area contributed by atoms with Crippen molar-refractivity contribution in [3.8, 4) is 0 Å². The number of allylic oxidation sites excluding steroid dienone is 1. The fraction of sp³-hybridized carbons (Fsp3) is 0.818. The Balaban J connectivity index is 2.37. The molecule has 15 heavy (non-hydrogen) atoms. The van der Waals surface area contributed by atoms with E-state index in [1.807, 2.05) is 23.5 Å². The molecule has 0 aromatic heterocycles. The summed E-state index contributed by atoms with van der Waals surface area (Å²) in [5.74, 6) is 2.47. The summed E-state index contributed by atoms with van der Waals surface area (Å²) in [4.78, 5) is 0. The van der Waals surface area contributed by atoms with E-state index in [4.69, 9.17) is 9.84 Å². The number of methoxy groups -OCH3 is 1. The SMILES string of the molecule is CO/C=C/CCC1(CCO)SCCCS1. The normalized spacial score (nSPS) is 20.7. The minimum atomic E-state index is 0.255. The summed E-state index contributed by atoms with van der Waals surface area (Å²) < 4.78 is 5.14. The average Bonchev–Trinajstić information content (AvgIpc) is 2.26. The lowest BCUT2D eigenvalue weighted by molar-refractivity contribution is 0.281. The number of aliphatic hydroxyl groups excluding tert-OH is 1. The molecule has 0 unspecified atom stereocenters. The highest BCUT2D eigenvalue weighted by molar-refractivity contribution is 8.18. The van der Waals surface area contributed by atoms with Crippen LogP contribution in [0.25, 0.3) is 0 Å². The number of thioether (sulfide) groups is 2. The predicted octanol–water partition coefficient (Wildman–Crippen LogP) is 2.88. The van der Waals surface area contributed by atoms with Crippen LogP contribution >= 0.6 is 23.5 Å². The van der Waals surface area contributed by atoms with Crippen LogP contribution in [0.15, 0.2) is 12.3 Å². The van der Waals surface area contributed by atoms with Gasteiger partial charge in [-0.1, -0.05) is 0 Å². The van der Waals surface area contributed by atoms with Crippen molar-refractivity contribution in [3.05, 3.63) is 12.3 Å². The Bertz CT molecular complexity index is 184. The van der Waals surface area contributed by atoms with E-state index in [1.54, 1.807) is 13.4 Å². The highest BCUT2D eigenvalue weighted by atomic mass is 32.2. The number of hydrogen-bond donors (Lipinski definition) is 1. The fourth-order valence-corrected chi connectivity index (χ4v) is 5.00. The molecule has 0 radical (unpaired) electrons. The molecule has 0 atom stereocenters. The minimum absolute atomic E-state index is 0.255. The van der Waals surface area contributed by atoms with Crippen molar-refractivity contribution in [1.29, 1.82) is 0 Å². The third kappa shape index (κ3) is 4.70. The quantitative estimate of drug-likeness (QED) is 0.732. The van der Waals surface area contributed by atoms with Gasteiger partial charge in [0.2, 0.25) is 0 Å². The van der Waals surface area contributed by atoms with Gasteiger partial charge < -0.3 is 9.84 Å². The highest BCUT2D eigenvalue weighted by Gasteiger charge is 2.32. The molecule has 1 aliphatic rings. The van der Waals surface area contributed by atoms with Crippen molar-refractivity contribution < 1.29 is 9.84 Å². The first-order valence-corrected chi connectivity index (χ1v) is 7.37. The first kappa shape index (κ1) is 13.3. The Morgan fingerprint density at radius 2 is 2.07 bits per heavy atom. The van der Waals surface area contributed by atoms with E-state index >= 15 is 0 Å². The van der Waals surface area contributed by atoms with E-state index in [1.165, 1.54) is 17.9 Å². The summed E-state index contributed by atoms with van der Waals surface area (Å²) in [5.41, 5.74) is 0. The molecule has 4 heteroatoms. The summed E-state index contributed by atoms with van der Waals surface area (Å²) >= 11 is 4.04. The minimum Gasteiger partial charge on any atom is -0.505 e. The van der Waals surface area contributed by atoms with Crippen molar-refractivity contribution in [1.82, 2.24) is 0 Å². The van der Waals surface area contributed by atoms with E-state index in [9.17, 15) is 0 Å². The van der Waals surface area contributed by atoms with Crippen LogP contribution in [-0.4, -0.2) is 34.4 Å². The number of aliphatic hydroxyl groups is 1. The van der Waals surface area contributed by atoms with Crippen LogP contribution in [0.4, 0.5) is 0 Å². The zero-order chi connectivity index (χ0) is 11.0. The molecule has 0 bridgehead atoms. The molecule has 0 saturated carbocycles. The van der Waals surface area contributed by atoms with E-state index in [2.05, 4.69) is 6.08 Å². The molecular weight excluding hydrogens is 228 g/mol. The summed E-state index contributed by atoms with van der Waals surface area (Å²) in [7, 11) is 1.67. The Labute approximate surface area is 101 Å². The molecular formula is C11H20O2S2. The summed E-state index contributed by atoms with van der Waals surface area (Å²) in [5, 5.41) is 9.12. The first-order valence-electron chi connectivity index (χ1n) is 5.39. The van der Waals surface area contributed by atoms with E-state index in [-0.39, 0.29) is 4.08 Å². The summed E-state index contributed by atoms with van der Waals surface area (Å²) in [6.07, 6.45) is 8.18. The van der Waals surface area contributed by atoms with Crippen molar-refractivity contribution in [3.63, 3.8) is 0 Å². The third-order valence-corrected chi connectivity index (χ3v) is 6.00. The Morgan fingerprint density at radius 1 is 1.33 bits per heavy atom. The lowest BCUT2D eigenvalue weighted by atomic mass is 10.2. The van der Waals surface area contributed by atoms with Gasteiger partial charge in [0, 0.05) is 6.61 Å². The van der Waals surface area contributed by atoms with E-state index < -0.39 is 0 Å². The smallest absolute Gasteiger partial charge is 0.0784 e. The topological polar surface area (TPSA) is 29.5 Å². The molecule has 1 rings (SSSR count). The first-order chi connectivity index (χ1) is 7.33. The fourth-order valence-electron chi connectivity index (χ4n) is 1.67. The second-order valence-corrected chi connectivity index (χ2v) is 6.80. The summed E-state index contributed by atoms with van der Waals surface area (Å²) in [6, 6.07) is 0. The van der Waals surface area contributed by atoms with Crippen LogP contribution < -0.4 is 0 Å². The maximum absolute atomic E-state index is 9.12. The van der Waals surface area contributed by atoms with Gasteiger partial charge >= 0.3 is 0 Å². The zero-order valence-electron chi connectivity index (χ0n) is 9.28. The second kappa shape index (κ2) is 7.47. The van der Waals surface area contributed by atoms with Gasteiger partial charge in [-0.05, 0) is 43.3 Å². The van der Waals surface area contributed by atoms with Crippen LogP contribution in [0.3, 0.4) is 0 Å². The van der Waals surface area contributed by atoms with Crippen LogP contribution in [0.2, 0.25) is 0 Å². The largest absolute Gasteiger partial charge is 0.505 e. The lowest BCUT2D eigenvalue weighted by Gasteiger charge is -2.35. The monoisotopic (exact) mass is 248 g/mol. The zero-order valence-corrected chi connectivity index (χ0v) is 10.9. The van der Waals surface area contributed by atoms with Gasteiger partial charge in [-0.25, -0.2) is 0 Å². The van der Waals surface area contributed by atoms with Gasteiger partial charge in [0.05, 0.1) is 17.5 Å². The molecule has 2 nitrogen and oxygen atoms in total. The van der Waals surface area contributed by atoms with Crippen molar-refractivity contribution in [2.45, 2.75) is 29.8 Å². The van der Waals surface area contributed by atoms with Gasteiger partial charge in [0.15, 0.2) is 0 Å². The van der Waals surface area contributed by atoms with Crippen molar-refractivity contribution >= 4 is 23.5 Å². The standard InChI is InChI=1S/C11H20O2S2/c1-13-8-3-2-5-11(6-7-12)14-9-4-10-15-11/h3,8,12H,2,4-7,9-10H2,1H3/b8-3+. The number of rotatable bonds is 6. The van der Waals surface area contributed by atoms with Crippen molar-refractivity contribution in [2.24, 2.45) is 0 Å². The second-order valence-electron chi connectivity index (χ2n) is 3.58. The molecule has 1 saturated heterocycles. The Hall–Kier alpha value is 0.200. The Kier molecular flexibility index (Phi) is 6.61. The molecule has 0 aliphatic carbocycles. The molecule has 0 spiro atoms. The third-order valence-electron chi connectivity index (χ3n) is 2.44. The van der Waals surface area contributed by atoms with Crippen LogP contribution in [-0.2, 0) is 4.74 Å². The molecule has 0 aromatic carbocycles. The van der Waals surface area contributed by atoms with Crippen molar-refractivity contribution in [2.75, 3.05) is 25.2 Å². The van der Waals surface area contributed by atoms with Crippen LogP contribution in [0.1, 0.15) is 25.7 Å². The number of ether oxygens (including phenoxy) is 1. The predicted molar refractivity (Wildman–Crippen MR) is 69.3 cm³/mol. The van der Waals surface area contributed by atoms with Gasteiger partial charge in [0.25, 0.3) is 0 Å². The highest BCUT2D eigenvalue weighted by Crippen LogP contribution is 2.47. The molecule has 1 fully saturated rings. The van der Waals surface area contributed by atoms with E-state index in [0.717, 1.165) is 19.3 Å². The molecule has 1 aliphatic heterocycles. The van der Waals surface area contributed by atoms with Gasteiger partial charge in [-0.3, -0.25) is 0 Å². The average molecular weight is 248 g/mol. The van der Waals surface area contributed by atoms with Crippen LogP contribution in [0.5, 0.6) is 0 Å². The molecule has 0 amide bonds. The van der Waals surface area contributed by atoms with Crippen LogP contribution in [0, 0.1) is 0 Å². The summed E-state index contributed by atoms with van der Waals surface area (Å²) in [6.45, 7) is 0.300. The Morgan fingerprint density at radius 3 is 2.67 bits per heavy atom. The van der Waals surface area contributed by atoms with Gasteiger partial charge in [-0.2, -0.15) is 0 Å². The maximum Gasteiger partial charge on any atom is 0.0784 e. The molecule has 0 aromatic rings. The van der Waals surface area contributed by atoms with Gasteiger partial charge in [0.1, 0.15) is 0 Å².